The smallest absolute Gasteiger partial charge is 0.303 e. The quantitative estimate of drug-likeness (QED) is 0.490. The number of hydrogen-bond donors (Lipinski definition) is 3. The fraction of sp³-hybridized carbons (Fsp3) is 0.192. The molecule has 1 aliphatic heterocycles. The van der Waals surface area contributed by atoms with E-state index in [0.717, 1.165) is 23.2 Å². The third kappa shape index (κ3) is 3.86. The van der Waals surface area contributed by atoms with Gasteiger partial charge in [0.25, 0.3) is 5.91 Å². The Kier molecular flexibility index (Phi) is 5.17. The Morgan fingerprint density at radius 3 is 2.58 bits per heavy atom. The second-order valence-electron chi connectivity index (χ2n) is 8.32. The highest BCUT2D eigenvalue weighted by Crippen LogP contribution is 2.38. The number of nitrogens with one attached hydrogen (secondary N) is 2. The molecule has 0 spiro atoms. The van der Waals surface area contributed by atoms with Gasteiger partial charge in [0.1, 0.15) is 5.82 Å². The van der Waals surface area contributed by atoms with Crippen molar-refractivity contribution in [2.24, 2.45) is 0 Å². The van der Waals surface area contributed by atoms with Crippen LogP contribution in [0.4, 0.5) is 10.1 Å². The lowest BCUT2D eigenvalue weighted by Gasteiger charge is -2.11. The van der Waals surface area contributed by atoms with Crippen LogP contribution in [0.3, 0.4) is 0 Å². The predicted octanol–water partition coefficient (Wildman–Crippen LogP) is 4.85. The molecule has 0 saturated heterocycles. The molecule has 1 aliphatic carbocycles. The molecule has 5 rings (SSSR count). The van der Waals surface area contributed by atoms with Crippen LogP contribution in [0, 0.1) is 5.82 Å². The first-order chi connectivity index (χ1) is 15.9. The molecule has 33 heavy (non-hydrogen) atoms. The molecule has 0 atom stereocenters. The standard InChI is InChI=1S/C26H21FN2O4/c27-16-7-4-14(5-8-16)15-6-10-20-18(12-15)19(26(33)29-20)13-22-17(9-11-24(31)32)25-21(28-22)2-1-3-23(25)30/h4-8,10,12-13,28H,1-3,9,11H2,(H,29,33)(H,31,32)/b19-13-. The van der Waals surface area contributed by atoms with Crippen LogP contribution in [0.5, 0.6) is 0 Å². The topological polar surface area (TPSA) is 99.3 Å². The first-order valence-electron chi connectivity index (χ1n) is 10.8. The van der Waals surface area contributed by atoms with Gasteiger partial charge in [-0.05, 0) is 66.3 Å². The van der Waals surface area contributed by atoms with E-state index in [0.29, 0.717) is 46.5 Å². The Bertz CT molecular complexity index is 1340. The van der Waals surface area contributed by atoms with Crippen LogP contribution < -0.4 is 5.32 Å². The number of aryl methyl sites for hydroxylation is 1. The van der Waals surface area contributed by atoms with E-state index in [-0.39, 0.29) is 30.3 Å². The SMILES string of the molecule is O=C(O)CCc1c(/C=C2\C(=O)Nc3ccc(-c4ccc(F)cc4)cc32)[nH]c2c1C(=O)CCC2. The summed E-state index contributed by atoms with van der Waals surface area (Å²) in [5.41, 5.74) is 6.08. The van der Waals surface area contributed by atoms with Gasteiger partial charge in [0.15, 0.2) is 5.78 Å². The molecule has 6 nitrogen and oxygen atoms in total. The summed E-state index contributed by atoms with van der Waals surface area (Å²) in [5, 5.41) is 12.0. The molecule has 2 aliphatic rings. The van der Waals surface area contributed by atoms with Gasteiger partial charge in [-0.25, -0.2) is 4.39 Å². The number of ketones is 1. The molecule has 0 saturated carbocycles. The molecule has 0 unspecified atom stereocenters. The highest BCUT2D eigenvalue weighted by molar-refractivity contribution is 6.35. The zero-order valence-electron chi connectivity index (χ0n) is 17.7. The Labute approximate surface area is 189 Å². The number of aromatic nitrogens is 1. The van der Waals surface area contributed by atoms with Crippen molar-refractivity contribution in [1.82, 2.24) is 4.98 Å². The van der Waals surface area contributed by atoms with Gasteiger partial charge in [0, 0.05) is 41.0 Å². The number of fused-ring (bicyclic) bond motifs is 2. The maximum absolute atomic E-state index is 13.3. The lowest BCUT2D eigenvalue weighted by Crippen LogP contribution is -2.11. The van der Waals surface area contributed by atoms with Crippen LogP contribution in [0.15, 0.2) is 42.5 Å². The Morgan fingerprint density at radius 1 is 1.06 bits per heavy atom. The lowest BCUT2D eigenvalue weighted by atomic mass is 9.91. The highest BCUT2D eigenvalue weighted by atomic mass is 19.1. The van der Waals surface area contributed by atoms with Gasteiger partial charge in [-0.15, -0.1) is 0 Å². The third-order valence-electron chi connectivity index (χ3n) is 6.18. The summed E-state index contributed by atoms with van der Waals surface area (Å²) in [6, 6.07) is 11.7. The van der Waals surface area contributed by atoms with Crippen molar-refractivity contribution in [2.75, 3.05) is 5.32 Å². The number of carbonyl (C=O) groups is 3. The molecule has 2 aromatic carbocycles. The number of carboxylic acid groups (broad SMARTS) is 1. The van der Waals surface area contributed by atoms with Gasteiger partial charge in [0.05, 0.1) is 5.57 Å². The summed E-state index contributed by atoms with van der Waals surface area (Å²) < 4.78 is 13.3. The van der Waals surface area contributed by atoms with E-state index >= 15 is 0 Å². The van der Waals surface area contributed by atoms with Crippen LogP contribution in [-0.4, -0.2) is 27.8 Å². The average molecular weight is 444 g/mol. The molecule has 0 fully saturated rings. The van der Waals surface area contributed by atoms with Gasteiger partial charge in [-0.3, -0.25) is 14.4 Å². The summed E-state index contributed by atoms with van der Waals surface area (Å²) in [6.07, 6.45) is 3.69. The summed E-state index contributed by atoms with van der Waals surface area (Å²) in [7, 11) is 0. The Hall–Kier alpha value is -4.00. The number of H-pyrrole nitrogens is 1. The normalized spacial score (nSPS) is 16.0. The van der Waals surface area contributed by atoms with E-state index in [9.17, 15) is 23.9 Å². The molecule has 1 amide bonds. The number of halogens is 1. The van der Waals surface area contributed by atoms with Crippen molar-refractivity contribution in [2.45, 2.75) is 32.1 Å². The van der Waals surface area contributed by atoms with Crippen LogP contribution in [0.1, 0.15) is 52.1 Å². The molecule has 3 N–H and O–H groups in total. The minimum Gasteiger partial charge on any atom is -0.481 e. The zero-order chi connectivity index (χ0) is 23.1. The molecule has 3 aromatic rings. The van der Waals surface area contributed by atoms with Crippen LogP contribution in [0.25, 0.3) is 22.8 Å². The summed E-state index contributed by atoms with van der Waals surface area (Å²) in [5.74, 6) is -1.53. The van der Waals surface area contributed by atoms with Crippen molar-refractivity contribution in [3.63, 3.8) is 0 Å². The summed E-state index contributed by atoms with van der Waals surface area (Å²) in [4.78, 5) is 39.9. The minimum absolute atomic E-state index is 0.00686. The first-order valence-corrected chi connectivity index (χ1v) is 10.8. The number of rotatable bonds is 5. The van der Waals surface area contributed by atoms with Gasteiger partial charge in [-0.2, -0.15) is 0 Å². The van der Waals surface area contributed by atoms with E-state index in [4.69, 9.17) is 0 Å². The van der Waals surface area contributed by atoms with E-state index in [1.165, 1.54) is 12.1 Å². The van der Waals surface area contributed by atoms with E-state index in [2.05, 4.69) is 10.3 Å². The largest absolute Gasteiger partial charge is 0.481 e. The molecular weight excluding hydrogens is 423 g/mol. The van der Waals surface area contributed by atoms with Gasteiger partial charge in [0.2, 0.25) is 0 Å². The number of hydrogen-bond acceptors (Lipinski definition) is 3. The van der Waals surface area contributed by atoms with E-state index in [1.807, 2.05) is 12.1 Å². The Balaban J connectivity index is 1.60. The average Bonchev–Trinajstić information content (AvgIpc) is 3.30. The number of Topliss-reactive ketones (excluding diaryl/α,β-unsaturated/α-hetero) is 1. The van der Waals surface area contributed by atoms with E-state index < -0.39 is 5.97 Å². The third-order valence-corrected chi connectivity index (χ3v) is 6.18. The predicted molar refractivity (Wildman–Crippen MR) is 122 cm³/mol. The molecule has 7 heteroatoms. The van der Waals surface area contributed by atoms with Gasteiger partial charge < -0.3 is 15.4 Å². The minimum atomic E-state index is -0.945. The van der Waals surface area contributed by atoms with Crippen molar-refractivity contribution in [3.05, 3.63) is 76.4 Å². The van der Waals surface area contributed by atoms with Crippen molar-refractivity contribution < 1.29 is 23.9 Å². The van der Waals surface area contributed by atoms with Crippen LogP contribution >= 0.6 is 0 Å². The molecule has 0 bridgehead atoms. The lowest BCUT2D eigenvalue weighted by molar-refractivity contribution is -0.137. The van der Waals surface area contributed by atoms with E-state index in [1.54, 1.807) is 24.3 Å². The molecule has 2 heterocycles. The fourth-order valence-corrected chi connectivity index (χ4v) is 4.60. The number of benzene rings is 2. The maximum atomic E-state index is 13.3. The fourth-order valence-electron chi connectivity index (χ4n) is 4.60. The van der Waals surface area contributed by atoms with Crippen LogP contribution in [-0.2, 0) is 22.4 Å². The number of aromatic amines is 1. The first kappa shape index (κ1) is 20.9. The number of carboxylic acids is 1. The number of carbonyl (C=O) groups excluding carboxylic acids is 2. The zero-order valence-corrected chi connectivity index (χ0v) is 17.7. The van der Waals surface area contributed by atoms with Gasteiger partial charge >= 0.3 is 5.97 Å². The summed E-state index contributed by atoms with van der Waals surface area (Å²) in [6.45, 7) is 0. The van der Waals surface area contributed by atoms with Crippen molar-refractivity contribution in [1.29, 1.82) is 0 Å². The van der Waals surface area contributed by atoms with Crippen LogP contribution in [0.2, 0.25) is 0 Å². The second-order valence-corrected chi connectivity index (χ2v) is 8.32. The molecule has 1 aromatic heterocycles. The highest BCUT2D eigenvalue weighted by Gasteiger charge is 2.29. The number of aliphatic carboxylic acids is 1. The molecule has 0 radical (unpaired) electrons. The molecular formula is C26H21FN2O4. The number of anilines is 1. The Morgan fingerprint density at radius 2 is 1.82 bits per heavy atom. The van der Waals surface area contributed by atoms with Crippen molar-refractivity contribution >= 4 is 35.0 Å². The second kappa shape index (κ2) is 8.16. The monoisotopic (exact) mass is 444 g/mol. The van der Waals surface area contributed by atoms with Crippen molar-refractivity contribution in [3.8, 4) is 11.1 Å². The summed E-state index contributed by atoms with van der Waals surface area (Å²) >= 11 is 0. The maximum Gasteiger partial charge on any atom is 0.303 e. The number of amides is 1. The molecule has 166 valence electrons. The van der Waals surface area contributed by atoms with Gasteiger partial charge in [-0.1, -0.05) is 18.2 Å².